The van der Waals surface area contributed by atoms with Gasteiger partial charge in [-0.15, -0.1) is 6.42 Å². The average Bonchev–Trinajstić information content (AvgIpc) is 2.60. The Morgan fingerprint density at radius 2 is 1.88 bits per heavy atom. The lowest BCUT2D eigenvalue weighted by Crippen LogP contribution is -2.34. The number of hydrogen-bond acceptors (Lipinski definition) is 3. The predicted octanol–water partition coefficient (Wildman–Crippen LogP) is 3.21. The van der Waals surface area contributed by atoms with E-state index in [-0.39, 0.29) is 13.2 Å². The second-order valence-corrected chi connectivity index (χ2v) is 5.34. The smallest absolute Gasteiger partial charge is 0.319 e. The fourth-order valence-electron chi connectivity index (χ4n) is 2.01. The zero-order valence-corrected chi connectivity index (χ0v) is 13.6. The number of urea groups is 1. The molecule has 0 saturated carbocycles. The van der Waals surface area contributed by atoms with Crippen LogP contribution in [0.1, 0.15) is 11.6 Å². The predicted molar refractivity (Wildman–Crippen MR) is 94.2 cm³/mol. The van der Waals surface area contributed by atoms with E-state index in [1.54, 1.807) is 48.5 Å². The van der Waals surface area contributed by atoms with Crippen molar-refractivity contribution in [2.45, 2.75) is 6.04 Å². The van der Waals surface area contributed by atoms with Gasteiger partial charge in [-0.1, -0.05) is 29.7 Å². The fraction of sp³-hybridized carbons (Fsp3) is 0.167. The summed E-state index contributed by atoms with van der Waals surface area (Å²) in [6.07, 6.45) is 5.12. The summed E-state index contributed by atoms with van der Waals surface area (Å²) in [5.74, 6) is 2.99. The third-order valence-electron chi connectivity index (χ3n) is 3.19. The van der Waals surface area contributed by atoms with Crippen LogP contribution in [-0.2, 0) is 0 Å². The highest BCUT2D eigenvalue weighted by Crippen LogP contribution is 2.18. The lowest BCUT2D eigenvalue weighted by atomic mass is 10.1. The highest BCUT2D eigenvalue weighted by Gasteiger charge is 2.13. The number of amides is 2. The molecule has 6 heteroatoms. The van der Waals surface area contributed by atoms with E-state index in [1.807, 2.05) is 0 Å². The van der Waals surface area contributed by atoms with Gasteiger partial charge in [0.2, 0.25) is 0 Å². The van der Waals surface area contributed by atoms with E-state index in [0.29, 0.717) is 16.5 Å². The molecule has 0 radical (unpaired) electrons. The number of aliphatic hydroxyl groups is 1. The van der Waals surface area contributed by atoms with Crippen LogP contribution in [0.4, 0.5) is 10.5 Å². The second-order valence-electron chi connectivity index (χ2n) is 4.90. The maximum absolute atomic E-state index is 12.1. The summed E-state index contributed by atoms with van der Waals surface area (Å²) in [5.41, 5.74) is 1.35. The number of hydrogen-bond donors (Lipinski definition) is 3. The van der Waals surface area contributed by atoms with Crippen LogP contribution in [0.2, 0.25) is 5.02 Å². The Balaban J connectivity index is 1.93. The van der Waals surface area contributed by atoms with Gasteiger partial charge in [0.05, 0.1) is 12.6 Å². The van der Waals surface area contributed by atoms with Crippen LogP contribution >= 0.6 is 11.6 Å². The van der Waals surface area contributed by atoms with Gasteiger partial charge in [0.1, 0.15) is 12.4 Å². The Kier molecular flexibility index (Phi) is 6.50. The Morgan fingerprint density at radius 3 is 2.46 bits per heavy atom. The van der Waals surface area contributed by atoms with Crippen molar-refractivity contribution >= 4 is 23.3 Å². The summed E-state index contributed by atoms with van der Waals surface area (Å²) in [6, 6.07) is 12.8. The summed E-state index contributed by atoms with van der Waals surface area (Å²) in [4.78, 5) is 12.1. The summed E-state index contributed by atoms with van der Waals surface area (Å²) >= 11 is 5.83. The molecule has 1 atom stereocenters. The lowest BCUT2D eigenvalue weighted by Gasteiger charge is -2.17. The second kappa shape index (κ2) is 8.82. The number of carbonyl (C=O) groups excluding carboxylic acids is 1. The van der Waals surface area contributed by atoms with Gasteiger partial charge in [-0.25, -0.2) is 4.79 Å². The lowest BCUT2D eigenvalue weighted by molar-refractivity contribution is 0.225. The molecule has 0 aliphatic heterocycles. The molecule has 2 aromatic carbocycles. The van der Waals surface area contributed by atoms with Crippen molar-refractivity contribution in [2.24, 2.45) is 0 Å². The van der Waals surface area contributed by atoms with Gasteiger partial charge >= 0.3 is 6.03 Å². The van der Waals surface area contributed by atoms with E-state index in [4.69, 9.17) is 22.8 Å². The first-order valence-corrected chi connectivity index (χ1v) is 7.60. The van der Waals surface area contributed by atoms with E-state index < -0.39 is 12.1 Å². The number of carbonyl (C=O) groups is 1. The molecule has 1 unspecified atom stereocenters. The molecule has 0 aliphatic carbocycles. The molecule has 2 aromatic rings. The molecule has 0 aromatic heterocycles. The van der Waals surface area contributed by atoms with Crippen LogP contribution in [0, 0.1) is 12.3 Å². The number of ether oxygens (including phenoxy) is 1. The van der Waals surface area contributed by atoms with Gasteiger partial charge in [-0.3, -0.25) is 0 Å². The third kappa shape index (κ3) is 5.20. The average molecular weight is 345 g/mol. The van der Waals surface area contributed by atoms with Crippen LogP contribution in [-0.4, -0.2) is 24.4 Å². The van der Waals surface area contributed by atoms with Crippen LogP contribution in [0.5, 0.6) is 5.75 Å². The van der Waals surface area contributed by atoms with Crippen molar-refractivity contribution in [3.63, 3.8) is 0 Å². The molecular weight excluding hydrogens is 328 g/mol. The van der Waals surface area contributed by atoms with Crippen molar-refractivity contribution in [3.8, 4) is 18.1 Å². The van der Waals surface area contributed by atoms with Crippen molar-refractivity contribution in [1.29, 1.82) is 0 Å². The first kappa shape index (κ1) is 17.7. The summed E-state index contributed by atoms with van der Waals surface area (Å²) in [5, 5.41) is 15.5. The molecule has 0 saturated heterocycles. The van der Waals surface area contributed by atoms with Gasteiger partial charge < -0.3 is 20.5 Å². The third-order valence-corrected chi connectivity index (χ3v) is 3.45. The van der Waals surface area contributed by atoms with Gasteiger partial charge in [0.15, 0.2) is 0 Å². The molecule has 24 heavy (non-hydrogen) atoms. The summed E-state index contributed by atoms with van der Waals surface area (Å²) in [7, 11) is 0. The van der Waals surface area contributed by atoms with Gasteiger partial charge in [0, 0.05) is 10.7 Å². The number of rotatable bonds is 6. The Labute approximate surface area is 145 Å². The number of benzene rings is 2. The number of anilines is 1. The minimum atomic E-state index is -0.527. The van der Waals surface area contributed by atoms with Crippen LogP contribution < -0.4 is 15.4 Å². The minimum Gasteiger partial charge on any atom is -0.481 e. The number of aliphatic hydroxyl groups excluding tert-OH is 1. The van der Waals surface area contributed by atoms with Crippen LogP contribution in [0.15, 0.2) is 48.5 Å². The molecule has 0 heterocycles. The maximum Gasteiger partial charge on any atom is 0.319 e. The zero-order valence-electron chi connectivity index (χ0n) is 12.8. The molecule has 0 aliphatic rings. The first-order valence-electron chi connectivity index (χ1n) is 7.22. The van der Waals surface area contributed by atoms with E-state index in [2.05, 4.69) is 16.6 Å². The molecule has 2 amide bonds. The molecule has 0 spiro atoms. The number of nitrogens with one attached hydrogen (secondary N) is 2. The molecule has 0 fully saturated rings. The standard InChI is InChI=1S/C18H17ClN2O3/c1-2-11-24-16-9-7-15(8-10-16)20-18(23)21-17(12-22)13-3-5-14(19)6-4-13/h1,3-10,17,22H,11-12H2,(H2,20,21,23). The number of halogens is 1. The topological polar surface area (TPSA) is 70.6 Å². The van der Waals surface area contributed by atoms with Crippen molar-refractivity contribution in [1.82, 2.24) is 5.32 Å². The molecular formula is C18H17ClN2O3. The van der Waals surface area contributed by atoms with Crippen molar-refractivity contribution < 1.29 is 14.6 Å². The quantitative estimate of drug-likeness (QED) is 0.705. The highest BCUT2D eigenvalue weighted by molar-refractivity contribution is 6.30. The SMILES string of the molecule is C#CCOc1ccc(NC(=O)NC(CO)c2ccc(Cl)cc2)cc1. The fourth-order valence-corrected chi connectivity index (χ4v) is 2.14. The van der Waals surface area contributed by atoms with Crippen LogP contribution in [0.25, 0.3) is 0 Å². The summed E-state index contributed by atoms with van der Waals surface area (Å²) < 4.78 is 5.26. The first-order chi connectivity index (χ1) is 11.6. The molecule has 0 bridgehead atoms. The van der Waals surface area contributed by atoms with Crippen molar-refractivity contribution in [3.05, 3.63) is 59.1 Å². The highest BCUT2D eigenvalue weighted by atomic mass is 35.5. The van der Waals surface area contributed by atoms with E-state index in [1.165, 1.54) is 0 Å². The largest absolute Gasteiger partial charge is 0.481 e. The Bertz CT molecular complexity index is 709. The molecule has 124 valence electrons. The Morgan fingerprint density at radius 1 is 1.21 bits per heavy atom. The monoisotopic (exact) mass is 344 g/mol. The van der Waals surface area contributed by atoms with Crippen LogP contribution in [0.3, 0.4) is 0 Å². The Hall–Kier alpha value is -2.68. The van der Waals surface area contributed by atoms with Gasteiger partial charge in [-0.2, -0.15) is 0 Å². The van der Waals surface area contributed by atoms with Crippen molar-refractivity contribution in [2.75, 3.05) is 18.5 Å². The van der Waals surface area contributed by atoms with Gasteiger partial charge in [-0.05, 0) is 42.0 Å². The molecule has 2 rings (SSSR count). The molecule has 5 nitrogen and oxygen atoms in total. The van der Waals surface area contributed by atoms with E-state index in [9.17, 15) is 9.90 Å². The normalized spacial score (nSPS) is 11.2. The van der Waals surface area contributed by atoms with E-state index >= 15 is 0 Å². The minimum absolute atomic E-state index is 0.187. The zero-order chi connectivity index (χ0) is 17.4. The maximum atomic E-state index is 12.1. The molecule has 3 N–H and O–H groups in total. The number of terminal acetylenes is 1. The summed E-state index contributed by atoms with van der Waals surface area (Å²) in [6.45, 7) is -0.0412. The van der Waals surface area contributed by atoms with E-state index in [0.717, 1.165) is 5.56 Å². The van der Waals surface area contributed by atoms with Gasteiger partial charge in [0.25, 0.3) is 0 Å².